The number of carbonyl (C=O) groups excluding carboxylic acids is 2. The summed E-state index contributed by atoms with van der Waals surface area (Å²) in [6, 6.07) is 5.03. The average Bonchev–Trinajstić information content (AvgIpc) is 2.51. The first-order valence-corrected chi connectivity index (χ1v) is 8.55. The van der Waals surface area contributed by atoms with Gasteiger partial charge in [0.15, 0.2) is 0 Å². The van der Waals surface area contributed by atoms with Gasteiger partial charge < -0.3 is 21.5 Å². The van der Waals surface area contributed by atoms with Crippen LogP contribution in [0.5, 0.6) is 0 Å². The molecule has 0 aliphatic carbocycles. The number of nitrogens with one attached hydrogen (secondary N) is 1. The van der Waals surface area contributed by atoms with E-state index in [1.54, 1.807) is 39.0 Å². The largest absolute Gasteiger partial charge is 0.460 e. The van der Waals surface area contributed by atoms with Crippen LogP contribution in [0.2, 0.25) is 5.02 Å². The molecule has 1 aromatic rings. The third kappa shape index (κ3) is 6.36. The predicted molar refractivity (Wildman–Crippen MR) is 103 cm³/mol. The first-order chi connectivity index (χ1) is 11.6. The van der Waals surface area contributed by atoms with E-state index in [0.717, 1.165) is 18.0 Å². The molecule has 0 unspecified atom stereocenters. The van der Waals surface area contributed by atoms with Gasteiger partial charge in [-0.25, -0.2) is 0 Å². The minimum Gasteiger partial charge on any atom is -0.460 e. The number of benzene rings is 1. The lowest BCUT2D eigenvalue weighted by Gasteiger charge is -2.18. The van der Waals surface area contributed by atoms with Gasteiger partial charge in [0.2, 0.25) is 0 Å². The van der Waals surface area contributed by atoms with E-state index < -0.39 is 11.3 Å². The van der Waals surface area contributed by atoms with Gasteiger partial charge >= 0.3 is 5.97 Å². The maximum absolute atomic E-state index is 12.3. The molecule has 1 rings (SSSR count). The quantitative estimate of drug-likeness (QED) is 0.513. The number of halogens is 1. The molecule has 5 N–H and O–H groups in total. The summed E-state index contributed by atoms with van der Waals surface area (Å²) in [5.74, 6) is -0.849. The highest BCUT2D eigenvalue weighted by atomic mass is 35.5. The van der Waals surface area contributed by atoms with Gasteiger partial charge in [0, 0.05) is 11.8 Å². The fourth-order valence-corrected chi connectivity index (χ4v) is 2.40. The van der Waals surface area contributed by atoms with E-state index in [1.807, 2.05) is 0 Å². The number of esters is 1. The number of thioether (sulfide) groups is 1. The molecule has 6 nitrogen and oxygen atoms in total. The molecule has 1 aromatic carbocycles. The maximum atomic E-state index is 12.3. The molecule has 0 aromatic heterocycles. The Morgan fingerprint density at radius 2 is 2.04 bits per heavy atom. The van der Waals surface area contributed by atoms with Gasteiger partial charge in [-0.15, -0.1) is 0 Å². The third-order valence-corrected chi connectivity index (χ3v) is 4.04. The Morgan fingerprint density at radius 3 is 2.56 bits per heavy atom. The van der Waals surface area contributed by atoms with Crippen LogP contribution in [-0.2, 0) is 20.9 Å². The maximum Gasteiger partial charge on any atom is 0.311 e. The van der Waals surface area contributed by atoms with Crippen LogP contribution in [0.25, 0.3) is 0 Å². The molecule has 1 amide bonds. The van der Waals surface area contributed by atoms with E-state index in [4.69, 9.17) is 27.8 Å². The molecule has 136 valence electrons. The van der Waals surface area contributed by atoms with E-state index in [9.17, 15) is 9.59 Å². The van der Waals surface area contributed by atoms with Crippen molar-refractivity contribution >= 4 is 40.9 Å². The molecule has 0 radical (unpaired) electrons. The normalized spacial score (nSPS) is 11.8. The van der Waals surface area contributed by atoms with Crippen molar-refractivity contribution < 1.29 is 14.3 Å². The number of amides is 1. The number of nitrogens with two attached hydrogens (primary N) is 2. The fourth-order valence-electron chi connectivity index (χ4n) is 1.66. The van der Waals surface area contributed by atoms with Crippen molar-refractivity contribution in [3.05, 3.63) is 51.5 Å². The van der Waals surface area contributed by atoms with Crippen molar-refractivity contribution in [2.75, 3.05) is 5.32 Å². The Kier molecular flexibility index (Phi) is 7.38. The van der Waals surface area contributed by atoms with Crippen molar-refractivity contribution in [3.63, 3.8) is 0 Å². The summed E-state index contributed by atoms with van der Waals surface area (Å²) < 4.78 is 5.29. The molecule has 0 aliphatic rings. The Labute approximate surface area is 156 Å². The second kappa shape index (κ2) is 8.82. The molecule has 0 spiro atoms. The number of ether oxygens (including phenoxy) is 1. The molecule has 0 saturated heterocycles. The fraction of sp³-hybridized carbons (Fsp3) is 0.294. The predicted octanol–water partition coefficient (Wildman–Crippen LogP) is 3.33. The van der Waals surface area contributed by atoms with Gasteiger partial charge in [-0.1, -0.05) is 42.1 Å². The number of hydrogen-bond acceptors (Lipinski definition) is 6. The lowest BCUT2D eigenvalue weighted by Crippen LogP contribution is -2.23. The molecule has 0 heterocycles. The van der Waals surface area contributed by atoms with E-state index in [2.05, 4.69) is 11.9 Å². The van der Waals surface area contributed by atoms with Crippen LogP contribution in [0, 0.1) is 5.41 Å². The van der Waals surface area contributed by atoms with Crippen LogP contribution in [-0.4, -0.2) is 11.9 Å². The summed E-state index contributed by atoms with van der Waals surface area (Å²) in [5.41, 5.74) is 11.2. The van der Waals surface area contributed by atoms with E-state index in [-0.39, 0.29) is 22.5 Å². The van der Waals surface area contributed by atoms with Crippen LogP contribution in [0.4, 0.5) is 5.69 Å². The number of hydrogen-bond donors (Lipinski definition) is 3. The van der Waals surface area contributed by atoms with Crippen LogP contribution >= 0.6 is 23.4 Å². The molecular weight excluding hydrogens is 362 g/mol. The van der Waals surface area contributed by atoms with Crippen molar-refractivity contribution in [1.29, 1.82) is 0 Å². The van der Waals surface area contributed by atoms with Crippen molar-refractivity contribution in [3.8, 4) is 0 Å². The Balaban J connectivity index is 2.98. The summed E-state index contributed by atoms with van der Waals surface area (Å²) in [4.78, 5) is 24.4. The monoisotopic (exact) mass is 383 g/mol. The van der Waals surface area contributed by atoms with Gasteiger partial charge in [-0.05, 0) is 26.8 Å². The Morgan fingerprint density at radius 1 is 1.40 bits per heavy atom. The summed E-state index contributed by atoms with van der Waals surface area (Å²) in [5, 5.41) is 3.21. The zero-order chi connectivity index (χ0) is 19.2. The average molecular weight is 384 g/mol. The molecule has 8 heteroatoms. The summed E-state index contributed by atoms with van der Waals surface area (Å²) in [7, 11) is 0. The minimum absolute atomic E-state index is 0.0231. The zero-order valence-corrected chi connectivity index (χ0v) is 16.0. The van der Waals surface area contributed by atoms with E-state index in [0.29, 0.717) is 16.3 Å². The van der Waals surface area contributed by atoms with Gasteiger partial charge in [-0.3, -0.25) is 9.59 Å². The molecule has 0 atom stereocenters. The van der Waals surface area contributed by atoms with E-state index in [1.165, 1.54) is 0 Å². The van der Waals surface area contributed by atoms with Crippen molar-refractivity contribution in [2.45, 2.75) is 27.4 Å². The summed E-state index contributed by atoms with van der Waals surface area (Å²) in [6.45, 7) is 8.76. The van der Waals surface area contributed by atoms with Crippen molar-refractivity contribution in [2.24, 2.45) is 16.9 Å². The first kappa shape index (κ1) is 20.9. The van der Waals surface area contributed by atoms with Gasteiger partial charge in [0.1, 0.15) is 6.61 Å². The molecule has 0 fully saturated rings. The number of anilines is 1. The second-order valence-electron chi connectivity index (χ2n) is 6.15. The summed E-state index contributed by atoms with van der Waals surface area (Å²) >= 11 is 7.12. The Bertz CT molecular complexity index is 712. The van der Waals surface area contributed by atoms with Crippen LogP contribution in [0.3, 0.4) is 0 Å². The highest BCUT2D eigenvalue weighted by molar-refractivity contribution is 8.07. The van der Waals surface area contributed by atoms with E-state index >= 15 is 0 Å². The lowest BCUT2D eigenvalue weighted by atomic mass is 9.97. The van der Waals surface area contributed by atoms with Crippen LogP contribution in [0.15, 0.2) is 40.9 Å². The lowest BCUT2D eigenvalue weighted by molar-refractivity contribution is -0.154. The zero-order valence-electron chi connectivity index (χ0n) is 14.4. The number of carbonyl (C=O) groups is 2. The topological polar surface area (TPSA) is 107 Å². The molecule has 0 bridgehead atoms. The first-order valence-electron chi connectivity index (χ1n) is 7.36. The van der Waals surface area contributed by atoms with Crippen molar-refractivity contribution in [1.82, 2.24) is 0 Å². The molecular formula is C17H22ClN3O3S. The third-order valence-electron chi connectivity index (χ3n) is 2.93. The molecule has 0 aliphatic heterocycles. The van der Waals surface area contributed by atoms with Gasteiger partial charge in [-0.2, -0.15) is 0 Å². The molecule has 0 saturated carbocycles. The highest BCUT2D eigenvalue weighted by Gasteiger charge is 2.24. The summed E-state index contributed by atoms with van der Waals surface area (Å²) in [6.07, 6.45) is 1.13. The van der Waals surface area contributed by atoms with Crippen LogP contribution in [0.1, 0.15) is 26.3 Å². The smallest absolute Gasteiger partial charge is 0.311 e. The SMILES string of the molecule is C=C(N)S/C(=C\N)C(=O)Nc1c(Cl)cccc1COC(=O)C(C)(C)C. The molecule has 25 heavy (non-hydrogen) atoms. The van der Waals surface area contributed by atoms with Crippen LogP contribution < -0.4 is 16.8 Å². The highest BCUT2D eigenvalue weighted by Crippen LogP contribution is 2.29. The minimum atomic E-state index is -0.629. The van der Waals surface area contributed by atoms with Gasteiger partial charge in [0.25, 0.3) is 5.91 Å². The number of para-hydroxylation sites is 1. The standard InChI is InChI=1S/C17H22ClN3O3S/c1-10(20)25-13(8-19)15(22)21-14-11(6-5-7-12(14)18)9-24-16(23)17(2,3)4/h5-8H,1,9,19-20H2,2-4H3,(H,21,22)/b13-8-. The number of rotatable bonds is 6. The second-order valence-corrected chi connectivity index (χ2v) is 7.73. The van der Waals surface area contributed by atoms with Gasteiger partial charge in [0.05, 0.1) is 26.1 Å². The Hall–Kier alpha value is -2.12.